The summed E-state index contributed by atoms with van der Waals surface area (Å²) in [5.74, 6) is 1.10. The fourth-order valence-electron chi connectivity index (χ4n) is 2.61. The highest BCUT2D eigenvalue weighted by Gasteiger charge is 2.07. The SMILES string of the molecule is c1ccc(-c2ccc(NCc3nnc(-c4ccccc4)o3)cc2)cc1. The van der Waals surface area contributed by atoms with Crippen LogP contribution in [-0.4, -0.2) is 10.2 Å². The quantitative estimate of drug-likeness (QED) is 0.559. The van der Waals surface area contributed by atoms with E-state index in [9.17, 15) is 0 Å². The van der Waals surface area contributed by atoms with Crippen molar-refractivity contribution < 1.29 is 4.42 Å². The Kier molecular flexibility index (Phi) is 4.25. The lowest BCUT2D eigenvalue weighted by Gasteiger charge is -2.06. The maximum absolute atomic E-state index is 5.70. The van der Waals surface area contributed by atoms with Gasteiger partial charge in [0.1, 0.15) is 0 Å². The Morgan fingerprint density at radius 1 is 0.640 bits per heavy atom. The second-order valence-corrected chi connectivity index (χ2v) is 5.66. The predicted octanol–water partition coefficient (Wildman–Crippen LogP) is 5.02. The van der Waals surface area contributed by atoms with Crippen molar-refractivity contribution in [3.8, 4) is 22.6 Å². The zero-order chi connectivity index (χ0) is 16.9. The average Bonchev–Trinajstić information content (AvgIpc) is 3.17. The van der Waals surface area contributed by atoms with Crippen LogP contribution in [0.15, 0.2) is 89.3 Å². The lowest BCUT2D eigenvalue weighted by Crippen LogP contribution is -1.99. The molecule has 4 rings (SSSR count). The van der Waals surface area contributed by atoms with Gasteiger partial charge in [-0.15, -0.1) is 10.2 Å². The van der Waals surface area contributed by atoms with Gasteiger partial charge in [0.2, 0.25) is 11.8 Å². The first-order chi connectivity index (χ1) is 12.4. The Hall–Kier alpha value is -3.40. The third-order valence-electron chi connectivity index (χ3n) is 3.92. The molecular formula is C21H17N3O. The summed E-state index contributed by atoms with van der Waals surface area (Å²) >= 11 is 0. The monoisotopic (exact) mass is 327 g/mol. The van der Waals surface area contributed by atoms with E-state index in [1.54, 1.807) is 0 Å². The van der Waals surface area contributed by atoms with E-state index in [1.807, 2.05) is 48.5 Å². The zero-order valence-electron chi connectivity index (χ0n) is 13.6. The fraction of sp³-hybridized carbons (Fsp3) is 0.0476. The van der Waals surface area contributed by atoms with Gasteiger partial charge in [-0.2, -0.15) is 0 Å². The van der Waals surface area contributed by atoms with Crippen LogP contribution >= 0.6 is 0 Å². The minimum absolute atomic E-state index is 0.491. The smallest absolute Gasteiger partial charge is 0.247 e. The highest BCUT2D eigenvalue weighted by Crippen LogP contribution is 2.22. The largest absolute Gasteiger partial charge is 0.419 e. The zero-order valence-corrected chi connectivity index (χ0v) is 13.6. The molecule has 0 fully saturated rings. The molecule has 25 heavy (non-hydrogen) atoms. The van der Waals surface area contributed by atoms with Crippen LogP contribution < -0.4 is 5.32 Å². The summed E-state index contributed by atoms with van der Waals surface area (Å²) in [5, 5.41) is 11.5. The first kappa shape index (κ1) is 15.1. The summed E-state index contributed by atoms with van der Waals surface area (Å²) in [7, 11) is 0. The molecular weight excluding hydrogens is 310 g/mol. The van der Waals surface area contributed by atoms with Gasteiger partial charge in [-0.1, -0.05) is 60.7 Å². The molecule has 1 aromatic heterocycles. The molecule has 0 aliphatic heterocycles. The Balaban J connectivity index is 1.41. The van der Waals surface area contributed by atoms with Crippen LogP contribution in [-0.2, 0) is 6.54 Å². The second kappa shape index (κ2) is 7.01. The van der Waals surface area contributed by atoms with Crippen molar-refractivity contribution >= 4 is 5.69 Å². The summed E-state index contributed by atoms with van der Waals surface area (Å²) in [6.45, 7) is 0.491. The minimum Gasteiger partial charge on any atom is -0.419 e. The van der Waals surface area contributed by atoms with Crippen LogP contribution in [0.4, 0.5) is 5.69 Å². The van der Waals surface area contributed by atoms with Gasteiger partial charge < -0.3 is 9.73 Å². The van der Waals surface area contributed by atoms with E-state index < -0.39 is 0 Å². The summed E-state index contributed by atoms with van der Waals surface area (Å²) in [5.41, 5.74) is 4.33. The first-order valence-corrected chi connectivity index (χ1v) is 8.16. The van der Waals surface area contributed by atoms with Gasteiger partial charge >= 0.3 is 0 Å². The molecule has 0 radical (unpaired) electrons. The van der Waals surface area contributed by atoms with Crippen molar-refractivity contribution in [2.24, 2.45) is 0 Å². The lowest BCUT2D eigenvalue weighted by molar-refractivity contribution is 0.515. The first-order valence-electron chi connectivity index (χ1n) is 8.16. The lowest BCUT2D eigenvalue weighted by atomic mass is 10.1. The number of nitrogens with zero attached hydrogens (tertiary/aromatic N) is 2. The van der Waals surface area contributed by atoms with Crippen molar-refractivity contribution in [1.82, 2.24) is 10.2 Å². The van der Waals surface area contributed by atoms with Crippen LogP contribution in [0.2, 0.25) is 0 Å². The Morgan fingerprint density at radius 2 is 1.24 bits per heavy atom. The van der Waals surface area contributed by atoms with E-state index in [2.05, 4.69) is 51.9 Å². The molecule has 4 heteroatoms. The molecule has 1 N–H and O–H groups in total. The highest BCUT2D eigenvalue weighted by molar-refractivity contribution is 5.65. The number of aromatic nitrogens is 2. The summed E-state index contributed by atoms with van der Waals surface area (Å²) in [6, 6.07) is 28.4. The molecule has 1 heterocycles. The van der Waals surface area contributed by atoms with Gasteiger partial charge in [-0.05, 0) is 35.4 Å². The van der Waals surface area contributed by atoms with Crippen molar-refractivity contribution in [3.05, 3.63) is 90.8 Å². The number of hydrogen-bond acceptors (Lipinski definition) is 4. The minimum atomic E-state index is 0.491. The molecule has 0 atom stereocenters. The van der Waals surface area contributed by atoms with Crippen LogP contribution in [0.5, 0.6) is 0 Å². The topological polar surface area (TPSA) is 51.0 Å². The average molecular weight is 327 g/mol. The molecule has 0 saturated heterocycles. The number of hydrogen-bond donors (Lipinski definition) is 1. The molecule has 3 aromatic carbocycles. The molecule has 0 aliphatic carbocycles. The van der Waals surface area contributed by atoms with Gasteiger partial charge in [-0.3, -0.25) is 0 Å². The summed E-state index contributed by atoms with van der Waals surface area (Å²) in [6.07, 6.45) is 0. The number of nitrogens with one attached hydrogen (secondary N) is 1. The van der Waals surface area contributed by atoms with Crippen LogP contribution in [0.25, 0.3) is 22.6 Å². The van der Waals surface area contributed by atoms with Gasteiger partial charge in [0.05, 0.1) is 6.54 Å². The van der Waals surface area contributed by atoms with E-state index in [0.717, 1.165) is 11.3 Å². The fourth-order valence-corrected chi connectivity index (χ4v) is 2.61. The molecule has 0 aliphatic rings. The van der Waals surface area contributed by atoms with Crippen LogP contribution in [0.1, 0.15) is 5.89 Å². The Bertz CT molecular complexity index is 932. The maximum atomic E-state index is 5.70. The van der Waals surface area contributed by atoms with E-state index in [0.29, 0.717) is 18.3 Å². The van der Waals surface area contributed by atoms with E-state index >= 15 is 0 Å². The number of rotatable bonds is 5. The third kappa shape index (κ3) is 3.58. The van der Waals surface area contributed by atoms with Crippen molar-refractivity contribution in [2.75, 3.05) is 5.32 Å². The molecule has 0 bridgehead atoms. The molecule has 0 amide bonds. The van der Waals surface area contributed by atoms with E-state index in [-0.39, 0.29) is 0 Å². The van der Waals surface area contributed by atoms with Crippen LogP contribution in [0.3, 0.4) is 0 Å². The molecule has 4 aromatic rings. The number of anilines is 1. The van der Waals surface area contributed by atoms with Crippen molar-refractivity contribution in [2.45, 2.75) is 6.54 Å². The van der Waals surface area contributed by atoms with Gasteiger partial charge in [0, 0.05) is 11.3 Å². The summed E-state index contributed by atoms with van der Waals surface area (Å²) in [4.78, 5) is 0. The molecule has 0 saturated carbocycles. The second-order valence-electron chi connectivity index (χ2n) is 5.66. The number of benzene rings is 3. The third-order valence-corrected chi connectivity index (χ3v) is 3.92. The molecule has 0 unspecified atom stereocenters. The van der Waals surface area contributed by atoms with Gasteiger partial charge in [0.15, 0.2) is 0 Å². The van der Waals surface area contributed by atoms with Crippen molar-refractivity contribution in [1.29, 1.82) is 0 Å². The Labute approximate surface area is 146 Å². The summed E-state index contributed by atoms with van der Waals surface area (Å²) < 4.78 is 5.70. The molecule has 4 nitrogen and oxygen atoms in total. The Morgan fingerprint density at radius 3 is 1.92 bits per heavy atom. The van der Waals surface area contributed by atoms with Gasteiger partial charge in [0.25, 0.3) is 0 Å². The van der Waals surface area contributed by atoms with Crippen molar-refractivity contribution in [3.63, 3.8) is 0 Å². The maximum Gasteiger partial charge on any atom is 0.247 e. The highest BCUT2D eigenvalue weighted by atomic mass is 16.4. The van der Waals surface area contributed by atoms with E-state index in [4.69, 9.17) is 4.42 Å². The van der Waals surface area contributed by atoms with Gasteiger partial charge in [-0.25, -0.2) is 0 Å². The molecule has 122 valence electrons. The van der Waals surface area contributed by atoms with Crippen LogP contribution in [0, 0.1) is 0 Å². The van der Waals surface area contributed by atoms with E-state index in [1.165, 1.54) is 11.1 Å². The predicted molar refractivity (Wildman–Crippen MR) is 98.9 cm³/mol. The molecule has 0 spiro atoms. The standard InChI is InChI=1S/C21H17N3O/c1-3-7-16(8-4-1)17-11-13-19(14-12-17)22-15-20-23-24-21(25-20)18-9-5-2-6-10-18/h1-14,22H,15H2. The normalized spacial score (nSPS) is 10.6.